The van der Waals surface area contributed by atoms with Crippen LogP contribution in [0.25, 0.3) is 0 Å². The van der Waals surface area contributed by atoms with E-state index in [1.807, 2.05) is 6.92 Å². The minimum Gasteiger partial charge on any atom is -0.549 e. The number of aliphatic carboxylic acids is 1. The van der Waals surface area contributed by atoms with E-state index in [0.717, 1.165) is 32.1 Å². The smallest absolute Gasteiger partial charge is 0.549 e. The molecular weight excluding hydrogens is 637 g/mol. The maximum Gasteiger partial charge on any atom is 1.00 e. The Labute approximate surface area is 317 Å². The number of hydrogen-bond donors (Lipinski definition) is 1. The van der Waals surface area contributed by atoms with E-state index in [0.29, 0.717) is 31.6 Å². The van der Waals surface area contributed by atoms with E-state index in [1.54, 1.807) is 0 Å². The zero-order valence-electron chi connectivity index (χ0n) is 32.5. The van der Waals surface area contributed by atoms with Crippen LogP contribution in [-0.2, 0) is 38.2 Å². The Morgan fingerprint density at radius 2 is 1.33 bits per heavy atom. The van der Waals surface area contributed by atoms with Gasteiger partial charge < -0.3 is 29.4 Å². The number of carbonyl (C=O) groups excluding carboxylic acids is 5. The summed E-state index contributed by atoms with van der Waals surface area (Å²) in [4.78, 5) is 61.2. The van der Waals surface area contributed by atoms with Crippen molar-refractivity contribution in [3.63, 3.8) is 0 Å². The molecule has 2 rings (SSSR count). The first kappa shape index (κ1) is 45.4. The van der Waals surface area contributed by atoms with Gasteiger partial charge in [-0.3, -0.25) is 19.2 Å². The van der Waals surface area contributed by atoms with Crippen molar-refractivity contribution in [2.24, 2.45) is 38.9 Å². The number of amides is 1. The minimum absolute atomic E-state index is 0. The molecule has 0 radical (unpaired) electrons. The topological polar surface area (TPSA) is 148 Å². The first-order valence-electron chi connectivity index (χ1n) is 18.0. The van der Waals surface area contributed by atoms with Crippen molar-refractivity contribution in [2.45, 2.75) is 152 Å². The first-order valence-corrected chi connectivity index (χ1v) is 18.0. The number of nitrogens with one attached hydrogen (secondary N) is 1. The summed E-state index contributed by atoms with van der Waals surface area (Å²) in [6.45, 7) is 19.3. The Bertz CT molecular complexity index is 1160. The number of esters is 3. The Morgan fingerprint density at radius 1 is 0.816 bits per heavy atom. The van der Waals surface area contributed by atoms with Gasteiger partial charge in [-0.15, -0.1) is 0 Å². The fourth-order valence-corrected chi connectivity index (χ4v) is 8.69. The van der Waals surface area contributed by atoms with E-state index in [-0.39, 0.29) is 88.1 Å². The number of ether oxygens (including phenoxy) is 3. The fourth-order valence-electron chi connectivity index (χ4n) is 8.69. The molecule has 1 amide bonds. The largest absolute Gasteiger partial charge is 1.00 e. The van der Waals surface area contributed by atoms with Crippen LogP contribution < -0.4 is 40.0 Å². The summed E-state index contributed by atoms with van der Waals surface area (Å²) in [5.74, 6) is -2.54. The summed E-state index contributed by atoms with van der Waals surface area (Å²) in [6, 6.07) is -0.0789. The van der Waals surface area contributed by atoms with Gasteiger partial charge in [0.05, 0.1) is 18.0 Å². The molecule has 1 N–H and O–H groups in total. The summed E-state index contributed by atoms with van der Waals surface area (Å²) in [6.07, 6.45) is 9.29. The van der Waals surface area contributed by atoms with E-state index in [9.17, 15) is 29.1 Å². The molecule has 49 heavy (non-hydrogen) atoms. The molecule has 0 spiro atoms. The summed E-state index contributed by atoms with van der Waals surface area (Å²) in [5, 5.41) is 14.8. The van der Waals surface area contributed by atoms with E-state index < -0.39 is 36.5 Å². The maximum atomic E-state index is 13.2. The third kappa shape index (κ3) is 15.6. The molecule has 0 aliphatic heterocycles. The minimum atomic E-state index is -1.65. The van der Waals surface area contributed by atoms with Crippen LogP contribution in [0.2, 0.25) is 0 Å². The van der Waals surface area contributed by atoms with Crippen molar-refractivity contribution in [2.75, 3.05) is 19.8 Å². The zero-order valence-corrected chi connectivity index (χ0v) is 34.5. The van der Waals surface area contributed by atoms with Crippen LogP contribution in [0.4, 0.5) is 0 Å². The summed E-state index contributed by atoms with van der Waals surface area (Å²) in [7, 11) is 0. The van der Waals surface area contributed by atoms with Gasteiger partial charge in [-0.2, -0.15) is 0 Å². The molecule has 0 heterocycles. The van der Waals surface area contributed by atoms with E-state index in [4.69, 9.17) is 14.2 Å². The van der Waals surface area contributed by atoms with Crippen molar-refractivity contribution in [3.8, 4) is 0 Å². The predicted molar refractivity (Wildman–Crippen MR) is 181 cm³/mol. The van der Waals surface area contributed by atoms with E-state index >= 15 is 0 Å². The molecule has 2 aliphatic rings. The van der Waals surface area contributed by atoms with Crippen LogP contribution in [0.15, 0.2) is 0 Å². The second-order valence-corrected chi connectivity index (χ2v) is 17.8. The van der Waals surface area contributed by atoms with Gasteiger partial charge in [-0.05, 0) is 92.3 Å². The van der Waals surface area contributed by atoms with Crippen LogP contribution in [0.3, 0.4) is 0 Å². The Balaban J connectivity index is 0.0000120. The number of carboxylic acid groups (broad SMARTS) is 1. The molecule has 0 aromatic rings. The average molecular weight is 702 g/mol. The van der Waals surface area contributed by atoms with Crippen molar-refractivity contribution in [3.05, 3.63) is 0 Å². The Kier molecular flexibility index (Phi) is 17.3. The Morgan fingerprint density at radius 3 is 1.86 bits per heavy atom. The standard InChI is InChI=1S/C38H65NO9.Na/c1-11-28-18-34(4,5)22-36(8,19-28)15-12-30(41)46-17-14-26(2)32(43)39-29-20-35(6,7)23-37(9,21-29)16-13-31(42)48-25-38(10,33(44)45)24-47-27(3)40;/h26,28-29H,11-25H2,1-10H3,(H,39,43)(H,44,45);/q;+1/p-1. The molecule has 0 saturated heterocycles. The fraction of sp³-hybridized carbons (Fsp3) is 0.868. The summed E-state index contributed by atoms with van der Waals surface area (Å²) < 4.78 is 15.7. The van der Waals surface area contributed by atoms with Gasteiger partial charge >= 0.3 is 47.5 Å². The normalized spacial score (nSPS) is 27.7. The molecule has 6 atom stereocenters. The molecule has 11 heteroatoms. The van der Waals surface area contributed by atoms with Crippen LogP contribution in [0.5, 0.6) is 0 Å². The van der Waals surface area contributed by atoms with E-state index in [1.165, 1.54) is 26.7 Å². The van der Waals surface area contributed by atoms with Gasteiger partial charge in [0, 0.05) is 31.7 Å². The van der Waals surface area contributed by atoms with Crippen molar-refractivity contribution in [1.29, 1.82) is 0 Å². The van der Waals surface area contributed by atoms with Crippen LogP contribution in [0, 0.1) is 38.9 Å². The molecule has 2 saturated carbocycles. The third-order valence-corrected chi connectivity index (χ3v) is 10.7. The van der Waals surface area contributed by atoms with Gasteiger partial charge in [0.2, 0.25) is 5.91 Å². The molecule has 2 fully saturated rings. The number of hydrogen-bond acceptors (Lipinski definition) is 9. The molecule has 0 aromatic heterocycles. The average Bonchev–Trinajstić information content (AvgIpc) is 2.94. The maximum absolute atomic E-state index is 13.2. The number of rotatable bonds is 17. The second kappa shape index (κ2) is 18.7. The molecule has 2 aliphatic carbocycles. The van der Waals surface area contributed by atoms with Gasteiger partial charge in [0.1, 0.15) is 13.2 Å². The quantitative estimate of drug-likeness (QED) is 0.137. The Hall–Kier alpha value is -1.65. The monoisotopic (exact) mass is 701 g/mol. The predicted octanol–water partition coefficient (Wildman–Crippen LogP) is 2.93. The van der Waals surface area contributed by atoms with Crippen LogP contribution >= 0.6 is 0 Å². The molecular formula is C38H64NNaO9. The van der Waals surface area contributed by atoms with Gasteiger partial charge in [-0.1, -0.05) is 61.8 Å². The van der Waals surface area contributed by atoms with Gasteiger partial charge in [-0.25, -0.2) is 0 Å². The SMILES string of the molecule is CCC1CC(C)(C)CC(C)(CCC(=O)OCCC(C)C(=O)NC2CC(C)(C)CC(C)(CCC(=O)OCC(C)(COC(C)=O)C(=O)[O-])C2)C1.[Na+]. The summed E-state index contributed by atoms with van der Waals surface area (Å²) in [5.41, 5.74) is -1.55. The van der Waals surface area contributed by atoms with E-state index in [2.05, 4.69) is 53.8 Å². The molecule has 6 unspecified atom stereocenters. The molecule has 0 aromatic carbocycles. The third-order valence-electron chi connectivity index (χ3n) is 10.7. The first-order chi connectivity index (χ1) is 22.0. The molecule has 10 nitrogen and oxygen atoms in total. The second-order valence-electron chi connectivity index (χ2n) is 17.8. The van der Waals surface area contributed by atoms with Crippen molar-refractivity contribution < 1.29 is 72.8 Å². The van der Waals surface area contributed by atoms with Gasteiger partial charge in [0.25, 0.3) is 0 Å². The van der Waals surface area contributed by atoms with Crippen molar-refractivity contribution >= 4 is 29.8 Å². The zero-order chi connectivity index (χ0) is 36.6. The summed E-state index contributed by atoms with van der Waals surface area (Å²) >= 11 is 0. The van der Waals surface area contributed by atoms with Crippen LogP contribution in [-0.4, -0.2) is 55.6 Å². The number of carboxylic acids is 1. The van der Waals surface area contributed by atoms with Gasteiger partial charge in [0.15, 0.2) is 0 Å². The number of carbonyl (C=O) groups is 5. The van der Waals surface area contributed by atoms with Crippen LogP contribution in [0.1, 0.15) is 146 Å². The van der Waals surface area contributed by atoms with Crippen molar-refractivity contribution in [1.82, 2.24) is 5.32 Å². The molecule has 0 bridgehead atoms. The molecule has 276 valence electrons.